The second-order valence-corrected chi connectivity index (χ2v) is 6.07. The molecule has 3 aromatic rings. The van der Waals surface area contributed by atoms with E-state index in [0.717, 1.165) is 17.7 Å². The first-order valence-electron chi connectivity index (χ1n) is 8.82. The van der Waals surface area contributed by atoms with E-state index in [-0.39, 0.29) is 5.91 Å². The number of carbonyl (C=O) groups is 1. The first-order chi connectivity index (χ1) is 13.1. The molecule has 2 aromatic carbocycles. The number of aryl methyl sites for hydroxylation is 1. The lowest BCUT2D eigenvalue weighted by Gasteiger charge is -2.08. The third-order valence-electron chi connectivity index (χ3n) is 3.90. The number of anilines is 1. The summed E-state index contributed by atoms with van der Waals surface area (Å²) in [5.41, 5.74) is 2.36. The molecule has 3 rings (SSSR count). The van der Waals surface area contributed by atoms with Gasteiger partial charge in [0, 0.05) is 17.7 Å². The molecule has 1 aromatic heterocycles. The third kappa shape index (κ3) is 5.31. The monoisotopic (exact) mass is 367 g/mol. The van der Waals surface area contributed by atoms with Crippen molar-refractivity contribution in [3.63, 3.8) is 0 Å². The Morgan fingerprint density at radius 2 is 2.04 bits per heavy atom. The number of amides is 1. The second kappa shape index (κ2) is 8.84. The van der Waals surface area contributed by atoms with Gasteiger partial charge in [-0.3, -0.25) is 14.3 Å². The van der Waals surface area contributed by atoms with Crippen LogP contribution in [0.15, 0.2) is 57.8 Å². The highest BCUT2D eigenvalue weighted by atomic mass is 16.5. The first-order valence-corrected chi connectivity index (χ1v) is 8.82. The molecule has 0 spiro atoms. The van der Waals surface area contributed by atoms with Gasteiger partial charge in [-0.1, -0.05) is 36.3 Å². The van der Waals surface area contributed by atoms with Gasteiger partial charge in [-0.15, -0.1) is 0 Å². The van der Waals surface area contributed by atoms with Crippen molar-refractivity contribution < 1.29 is 14.1 Å². The molecule has 0 saturated carbocycles. The number of benzene rings is 2. The number of carbonyl (C=O) groups excluding carboxylic acids is 1. The van der Waals surface area contributed by atoms with E-state index < -0.39 is 5.76 Å². The molecule has 0 aliphatic carbocycles. The van der Waals surface area contributed by atoms with E-state index in [9.17, 15) is 9.59 Å². The minimum absolute atomic E-state index is 0.0906. The molecule has 0 unspecified atom stereocenters. The summed E-state index contributed by atoms with van der Waals surface area (Å²) in [6, 6.07) is 14.8. The Morgan fingerprint density at radius 1 is 1.22 bits per heavy atom. The zero-order chi connectivity index (χ0) is 19.1. The number of hydrogen-bond acceptors (Lipinski definition) is 5. The average molecular weight is 367 g/mol. The van der Waals surface area contributed by atoms with E-state index in [1.807, 2.05) is 24.3 Å². The normalized spacial score (nSPS) is 10.6. The summed E-state index contributed by atoms with van der Waals surface area (Å²) in [5.74, 6) is 0.451. The van der Waals surface area contributed by atoms with Crippen LogP contribution in [0.3, 0.4) is 0 Å². The Balaban J connectivity index is 1.54. The van der Waals surface area contributed by atoms with Crippen LogP contribution in [0.1, 0.15) is 25.3 Å². The van der Waals surface area contributed by atoms with Crippen molar-refractivity contribution in [1.29, 1.82) is 0 Å². The van der Waals surface area contributed by atoms with Crippen LogP contribution >= 0.6 is 0 Å². The lowest BCUT2D eigenvalue weighted by molar-refractivity contribution is -0.116. The maximum Gasteiger partial charge on any atom is 0.439 e. The number of H-pyrrole nitrogens is 1. The zero-order valence-electron chi connectivity index (χ0n) is 15.0. The highest BCUT2D eigenvalue weighted by molar-refractivity contribution is 5.91. The molecule has 7 heteroatoms. The van der Waals surface area contributed by atoms with Crippen molar-refractivity contribution >= 4 is 11.6 Å². The standard InChI is InChI=1S/C20H21N3O4/c1-2-12-26-17-9-6-14(7-10-17)8-11-18(24)21-16-5-3-4-15(13-16)19-22-20(25)27-23-19/h3-7,9-10,13H,2,8,11-12H2,1H3,(H,21,24)(H,22,23,25). The van der Waals surface area contributed by atoms with Crippen LogP contribution in [0.2, 0.25) is 0 Å². The fourth-order valence-electron chi connectivity index (χ4n) is 2.55. The summed E-state index contributed by atoms with van der Waals surface area (Å²) in [4.78, 5) is 25.8. The smallest absolute Gasteiger partial charge is 0.439 e. The molecule has 0 aliphatic heterocycles. The summed E-state index contributed by atoms with van der Waals surface area (Å²) in [6.07, 6.45) is 1.96. The molecule has 1 amide bonds. The Morgan fingerprint density at radius 3 is 2.74 bits per heavy atom. The molecule has 140 valence electrons. The molecule has 27 heavy (non-hydrogen) atoms. The van der Waals surface area contributed by atoms with Gasteiger partial charge < -0.3 is 10.1 Å². The fraction of sp³-hybridized carbons (Fsp3) is 0.250. The van der Waals surface area contributed by atoms with Crippen LogP contribution in [0, 0.1) is 0 Å². The molecular weight excluding hydrogens is 346 g/mol. The van der Waals surface area contributed by atoms with Gasteiger partial charge >= 0.3 is 5.76 Å². The number of ether oxygens (including phenoxy) is 1. The zero-order valence-corrected chi connectivity index (χ0v) is 15.0. The maximum absolute atomic E-state index is 12.2. The molecule has 0 fully saturated rings. The van der Waals surface area contributed by atoms with Gasteiger partial charge in [0.05, 0.1) is 6.61 Å². The number of nitrogens with zero attached hydrogens (tertiary/aromatic N) is 1. The Bertz CT molecular complexity index is 944. The molecule has 0 aliphatic rings. The van der Waals surface area contributed by atoms with Gasteiger partial charge in [-0.2, -0.15) is 0 Å². The van der Waals surface area contributed by atoms with Crippen LogP contribution < -0.4 is 15.8 Å². The molecule has 0 radical (unpaired) electrons. The van der Waals surface area contributed by atoms with E-state index in [1.165, 1.54) is 0 Å². The van der Waals surface area contributed by atoms with Gasteiger partial charge in [-0.25, -0.2) is 4.79 Å². The Hall–Kier alpha value is -3.35. The number of nitrogens with one attached hydrogen (secondary N) is 2. The van der Waals surface area contributed by atoms with E-state index in [1.54, 1.807) is 24.3 Å². The van der Waals surface area contributed by atoms with E-state index in [0.29, 0.717) is 36.5 Å². The predicted molar refractivity (Wildman–Crippen MR) is 102 cm³/mol. The number of aromatic amines is 1. The van der Waals surface area contributed by atoms with Crippen molar-refractivity contribution in [2.45, 2.75) is 26.2 Å². The van der Waals surface area contributed by atoms with Crippen LogP contribution in [0.4, 0.5) is 5.69 Å². The molecule has 0 atom stereocenters. The predicted octanol–water partition coefficient (Wildman–Crippen LogP) is 3.39. The third-order valence-corrected chi connectivity index (χ3v) is 3.90. The van der Waals surface area contributed by atoms with Crippen LogP contribution in [0.5, 0.6) is 5.75 Å². The van der Waals surface area contributed by atoms with Crippen molar-refractivity contribution in [1.82, 2.24) is 10.1 Å². The minimum atomic E-state index is -0.620. The van der Waals surface area contributed by atoms with Crippen molar-refractivity contribution in [3.8, 4) is 17.1 Å². The first kappa shape index (κ1) is 18.4. The van der Waals surface area contributed by atoms with Crippen molar-refractivity contribution in [2.24, 2.45) is 0 Å². The van der Waals surface area contributed by atoms with Gasteiger partial charge in [-0.05, 0) is 42.7 Å². The summed E-state index contributed by atoms with van der Waals surface area (Å²) in [5, 5.41) is 6.50. The lowest BCUT2D eigenvalue weighted by Crippen LogP contribution is -2.12. The SMILES string of the molecule is CCCOc1ccc(CCC(=O)Nc2cccc(-c3noc(=O)[nH]3)c2)cc1. The van der Waals surface area contributed by atoms with Crippen LogP contribution in [-0.2, 0) is 11.2 Å². The summed E-state index contributed by atoms with van der Waals surface area (Å²) in [6.45, 7) is 2.76. The van der Waals surface area contributed by atoms with Crippen LogP contribution in [0.25, 0.3) is 11.4 Å². The highest BCUT2D eigenvalue weighted by Crippen LogP contribution is 2.19. The van der Waals surface area contributed by atoms with Crippen molar-refractivity contribution in [2.75, 3.05) is 11.9 Å². The van der Waals surface area contributed by atoms with Crippen molar-refractivity contribution in [3.05, 3.63) is 64.6 Å². The summed E-state index contributed by atoms with van der Waals surface area (Å²) >= 11 is 0. The van der Waals surface area contributed by atoms with Gasteiger partial charge in [0.25, 0.3) is 0 Å². The Kier molecular flexibility index (Phi) is 6.04. The fourth-order valence-corrected chi connectivity index (χ4v) is 2.55. The quantitative estimate of drug-likeness (QED) is 0.636. The maximum atomic E-state index is 12.2. The van der Waals surface area contributed by atoms with Gasteiger partial charge in [0.2, 0.25) is 5.91 Å². The average Bonchev–Trinajstić information content (AvgIpc) is 3.12. The second-order valence-electron chi connectivity index (χ2n) is 6.07. The minimum Gasteiger partial charge on any atom is -0.494 e. The number of rotatable bonds is 8. The molecule has 7 nitrogen and oxygen atoms in total. The van der Waals surface area contributed by atoms with E-state index in [4.69, 9.17) is 4.74 Å². The summed E-state index contributed by atoms with van der Waals surface area (Å²) < 4.78 is 10.1. The largest absolute Gasteiger partial charge is 0.494 e. The molecular formula is C20H21N3O4. The topological polar surface area (TPSA) is 97.2 Å². The number of hydrogen-bond donors (Lipinski definition) is 2. The molecule has 0 saturated heterocycles. The van der Waals surface area contributed by atoms with E-state index in [2.05, 4.69) is 26.9 Å². The number of aromatic nitrogens is 2. The highest BCUT2D eigenvalue weighted by Gasteiger charge is 2.07. The molecule has 1 heterocycles. The summed E-state index contributed by atoms with van der Waals surface area (Å²) in [7, 11) is 0. The lowest BCUT2D eigenvalue weighted by atomic mass is 10.1. The van der Waals surface area contributed by atoms with Crippen LogP contribution in [-0.4, -0.2) is 22.7 Å². The van der Waals surface area contributed by atoms with Gasteiger partial charge in [0.1, 0.15) is 5.75 Å². The van der Waals surface area contributed by atoms with E-state index >= 15 is 0 Å². The Labute approximate surface area is 156 Å². The van der Waals surface area contributed by atoms with Gasteiger partial charge in [0.15, 0.2) is 5.82 Å². The molecule has 2 N–H and O–H groups in total. The molecule has 0 bridgehead atoms.